The van der Waals surface area contributed by atoms with Crippen molar-refractivity contribution in [1.29, 1.82) is 0 Å². The summed E-state index contributed by atoms with van der Waals surface area (Å²) in [5.74, 6) is -1.35. The van der Waals surface area contributed by atoms with Gasteiger partial charge in [0.15, 0.2) is 18.7 Å². The van der Waals surface area contributed by atoms with E-state index in [0.717, 1.165) is 25.7 Å². The zero-order chi connectivity index (χ0) is 38.5. The summed E-state index contributed by atoms with van der Waals surface area (Å²) >= 11 is 10.7. The summed E-state index contributed by atoms with van der Waals surface area (Å²) in [6.45, 7) is -8.40. The Balaban J connectivity index is 0.00000275. The van der Waals surface area contributed by atoms with Crippen LogP contribution in [0, 0.1) is 6.92 Å². The first-order valence-electron chi connectivity index (χ1n) is 17.7. The Morgan fingerprint density at radius 3 is 2.39 bits per heavy atom. The molecule has 3 fully saturated rings. The Bertz CT molecular complexity index is 2010. The van der Waals surface area contributed by atoms with Gasteiger partial charge in [0, 0.05) is 12.4 Å². The van der Waals surface area contributed by atoms with Crippen LogP contribution in [0.4, 0.5) is 22.0 Å². The third-order valence-corrected chi connectivity index (χ3v) is 13.3. The van der Waals surface area contributed by atoms with Gasteiger partial charge >= 0.3 is 65.3 Å². The Morgan fingerprint density at radius 1 is 0.912 bits per heavy atom. The summed E-state index contributed by atoms with van der Waals surface area (Å²) in [4.78, 5) is 53.1. The van der Waals surface area contributed by atoms with E-state index >= 15 is 0 Å². The Morgan fingerprint density at radius 2 is 1.60 bits per heavy atom. The van der Waals surface area contributed by atoms with Gasteiger partial charge in [-0.05, 0) is 38.7 Å². The van der Waals surface area contributed by atoms with Crippen molar-refractivity contribution >= 4 is 73.3 Å². The summed E-state index contributed by atoms with van der Waals surface area (Å²) in [6.07, 6.45) is 1.77. The molecule has 19 nitrogen and oxygen atoms in total. The van der Waals surface area contributed by atoms with Crippen molar-refractivity contribution in [3.05, 3.63) is 41.9 Å². The van der Waals surface area contributed by atoms with Crippen LogP contribution >= 0.6 is 13.5 Å². The predicted molar refractivity (Wildman–Crippen MR) is 197 cm³/mol. The molecule has 6 aliphatic rings. The number of aromatic nitrogens is 4. The fourth-order valence-electron chi connectivity index (χ4n) is 7.54. The second kappa shape index (κ2) is 19.1. The standard InChI is InChI=1S/C32H39N7O12P2S2.2Na/c1-15-21-22(37-13-36-15)17(9-34-21)27-30(49-32(41)46-16-7-5-3-2-4-6-8-16)28-20(48-27)12-45-53(43,55)51-29-25(40)19(11-44-52(42,54)50-28)47-26(29)18-10-35-24-23(18)38-14-39-31(24)33;;/h5,7,9-10,13-14,16-20,25-30,40H,2-4,6,8,11-12H2,1H3,(H,42,54)(H,43,55)(H2,33,38,39);;/q;2*+1/p-2/b7-5+;;/t16?,17?,18?,19-,20-,25-,26+,27+,28-,29-,30+,52?,53?;;/m1../s1. The number of anilines is 1. The predicted octanol–water partition coefficient (Wildman–Crippen LogP) is -3.17. The molecule has 2 bridgehead atoms. The molecule has 2 aromatic rings. The zero-order valence-corrected chi connectivity index (χ0v) is 38.6. The largest absolute Gasteiger partial charge is 1.00 e. The summed E-state index contributed by atoms with van der Waals surface area (Å²) in [6, 6.07) is 0. The van der Waals surface area contributed by atoms with Crippen LogP contribution in [0.15, 0.2) is 34.8 Å². The van der Waals surface area contributed by atoms with Crippen LogP contribution in [0.2, 0.25) is 0 Å². The molecule has 3 saturated heterocycles. The summed E-state index contributed by atoms with van der Waals surface area (Å²) in [7, 11) is 0. The maximum absolute atomic E-state index is 14.0. The molecule has 0 aromatic carbocycles. The van der Waals surface area contributed by atoms with Crippen LogP contribution in [-0.4, -0.2) is 112 Å². The Kier molecular flexibility index (Phi) is 15.3. The molecule has 296 valence electrons. The van der Waals surface area contributed by atoms with Crippen molar-refractivity contribution < 1.29 is 116 Å². The number of aliphatic imine (C=N–C) groups is 2. The summed E-state index contributed by atoms with van der Waals surface area (Å²) < 4.78 is 61.4. The van der Waals surface area contributed by atoms with E-state index in [-0.39, 0.29) is 64.9 Å². The fourth-order valence-corrected chi connectivity index (χ4v) is 10.4. The first-order valence-corrected chi connectivity index (χ1v) is 22.8. The number of nitrogen functional groups attached to an aromatic ring is 1. The molecule has 0 amide bonds. The second-order valence-electron chi connectivity index (χ2n) is 13.7. The number of hydrogen-bond acceptors (Lipinski definition) is 21. The van der Waals surface area contributed by atoms with Crippen LogP contribution in [0.5, 0.6) is 0 Å². The van der Waals surface area contributed by atoms with E-state index in [0.29, 0.717) is 34.9 Å². The van der Waals surface area contributed by atoms with Gasteiger partial charge in [0.2, 0.25) is 0 Å². The van der Waals surface area contributed by atoms with Gasteiger partial charge in [-0.3, -0.25) is 14.5 Å². The summed E-state index contributed by atoms with van der Waals surface area (Å²) in [5, 5.41) is 11.4. The molecule has 0 saturated carbocycles. The molecule has 5 aliphatic heterocycles. The molecule has 1 aliphatic carbocycles. The first-order chi connectivity index (χ1) is 26.4. The van der Waals surface area contributed by atoms with E-state index in [9.17, 15) is 19.4 Å². The van der Waals surface area contributed by atoms with E-state index in [1.807, 2.05) is 12.2 Å². The minimum absolute atomic E-state index is 0. The van der Waals surface area contributed by atoms with Crippen LogP contribution < -0.4 is 69.7 Å². The molecule has 8 rings (SSSR count). The van der Waals surface area contributed by atoms with Crippen molar-refractivity contribution in [3.63, 3.8) is 0 Å². The molecule has 13 atom stereocenters. The maximum Gasteiger partial charge on any atom is 1.00 e. The van der Waals surface area contributed by atoms with Gasteiger partial charge in [-0.25, -0.2) is 24.7 Å². The molecule has 7 heterocycles. The van der Waals surface area contributed by atoms with Gasteiger partial charge in [0.1, 0.15) is 79.6 Å². The first kappa shape index (κ1) is 45.7. The molecule has 25 heteroatoms. The topological polar surface area (TPSA) is 254 Å². The Labute approximate surface area is 382 Å². The number of aliphatic hydroxyl groups is 1. The molecule has 0 radical (unpaired) electrons. The number of aliphatic hydroxyl groups excluding tert-OH is 1. The number of rotatable bonds is 4. The smallest absolute Gasteiger partial charge is 0.780 e. The molecule has 0 spiro atoms. The van der Waals surface area contributed by atoms with Crippen molar-refractivity contribution in [2.45, 2.75) is 106 Å². The Hall–Kier alpha value is -0.780. The number of allylic oxidation sites excluding steroid dienone is 1. The minimum Gasteiger partial charge on any atom is -0.780 e. The van der Waals surface area contributed by atoms with Gasteiger partial charge in [-0.15, -0.1) is 0 Å². The van der Waals surface area contributed by atoms with Gasteiger partial charge in [-0.1, -0.05) is 24.3 Å². The van der Waals surface area contributed by atoms with E-state index < -0.39 is 99.7 Å². The van der Waals surface area contributed by atoms with Crippen LogP contribution in [0.25, 0.3) is 0 Å². The monoisotopic (exact) mass is 883 g/mol. The normalized spacial score (nSPS) is 39.0. The number of hydrogen-bond donors (Lipinski definition) is 2. The average molecular weight is 884 g/mol. The molecule has 2 aromatic heterocycles. The van der Waals surface area contributed by atoms with Crippen LogP contribution in [0.1, 0.15) is 61.0 Å². The van der Waals surface area contributed by atoms with Crippen LogP contribution in [0.3, 0.4) is 0 Å². The van der Waals surface area contributed by atoms with Crippen molar-refractivity contribution in [1.82, 2.24) is 19.9 Å². The summed E-state index contributed by atoms with van der Waals surface area (Å²) in [5.41, 5.74) is 8.25. The van der Waals surface area contributed by atoms with Gasteiger partial charge in [0.25, 0.3) is 0 Å². The number of aryl methyl sites for hydroxylation is 1. The maximum atomic E-state index is 14.0. The molecule has 5 unspecified atom stereocenters. The molecular weight excluding hydrogens is 846 g/mol. The van der Waals surface area contributed by atoms with E-state index in [4.69, 9.17) is 66.8 Å². The molecule has 3 N–H and O–H groups in total. The zero-order valence-electron chi connectivity index (χ0n) is 31.2. The van der Waals surface area contributed by atoms with Crippen molar-refractivity contribution in [2.24, 2.45) is 9.98 Å². The van der Waals surface area contributed by atoms with Gasteiger partial charge < -0.3 is 65.0 Å². The number of nitrogens with zero attached hydrogens (tertiary/aromatic N) is 6. The molecule has 57 heavy (non-hydrogen) atoms. The van der Waals surface area contributed by atoms with Gasteiger partial charge in [0.05, 0.1) is 42.1 Å². The van der Waals surface area contributed by atoms with E-state index in [1.54, 1.807) is 13.1 Å². The van der Waals surface area contributed by atoms with Crippen molar-refractivity contribution in [2.75, 3.05) is 18.9 Å². The minimum atomic E-state index is -4.52. The van der Waals surface area contributed by atoms with E-state index in [2.05, 4.69) is 29.9 Å². The van der Waals surface area contributed by atoms with Crippen molar-refractivity contribution in [3.8, 4) is 0 Å². The van der Waals surface area contributed by atoms with Gasteiger partial charge in [-0.2, -0.15) is 0 Å². The quantitative estimate of drug-likeness (QED) is 0.101. The van der Waals surface area contributed by atoms with E-state index in [1.165, 1.54) is 18.9 Å². The average Bonchev–Trinajstić information content (AvgIpc) is 3.89. The fraction of sp³-hybridized carbons (Fsp3) is 0.594. The number of fused-ring (bicyclic) bond motifs is 5. The molecular formula is C32H37N7Na2O12P2S2. The SMILES string of the molecule is Cc1ncnc2c1N=CC2[C@@H]1O[C@@H]2COP([O-])(=S)O[C@@H]3[C@H](O)[C@@H](COP(=O)([S-])O[C@H]2[C@H]1OC(=O)OC1/C=C/CCCCC1)O[C@H]3C1C=Nc2c(N)ncnc21.[Na+].[Na+]. The third-order valence-electron chi connectivity index (χ3n) is 10.2. The van der Waals surface area contributed by atoms with Crippen LogP contribution in [-0.2, 0) is 65.7 Å². The number of ether oxygens (including phenoxy) is 4. The second-order valence-corrected chi connectivity index (χ2v) is 19.2. The number of carbonyl (C=O) groups is 1. The number of carbonyl (C=O) groups excluding carboxylic acids is 1. The number of nitrogens with two attached hydrogens (primary N) is 1. The third kappa shape index (κ3) is 9.97.